The van der Waals surface area contributed by atoms with E-state index in [4.69, 9.17) is 0 Å². The molecule has 0 fully saturated rings. The summed E-state index contributed by atoms with van der Waals surface area (Å²) in [6.45, 7) is 3.80. The number of benzene rings is 4. The molecule has 0 aliphatic rings. The highest BCUT2D eigenvalue weighted by molar-refractivity contribution is 5.76. The minimum absolute atomic E-state index is 0.260. The van der Waals surface area contributed by atoms with Crippen molar-refractivity contribution in [2.24, 2.45) is 5.41 Å². The molecule has 0 atom stereocenters. The van der Waals surface area contributed by atoms with Gasteiger partial charge in [-0.2, -0.15) is 0 Å². The molecule has 4 aromatic rings. The van der Waals surface area contributed by atoms with E-state index < -0.39 is 0 Å². The van der Waals surface area contributed by atoms with E-state index in [2.05, 4.69) is 91.9 Å². The van der Waals surface area contributed by atoms with Crippen LogP contribution in [-0.4, -0.2) is 10.8 Å². The lowest BCUT2D eigenvalue weighted by molar-refractivity contribution is -0.132. The summed E-state index contributed by atoms with van der Waals surface area (Å²) in [4.78, 5) is 15.2. The SMILES string of the molecule is CC(CCCCCCCCC(=O)N(Cc1ccccc1)Cc1ccccc1)(Cc1ccccc1)Cc1ccccc1. The molecule has 0 heterocycles. The maximum Gasteiger partial charge on any atom is 0.223 e. The summed E-state index contributed by atoms with van der Waals surface area (Å²) < 4.78 is 0. The van der Waals surface area contributed by atoms with Gasteiger partial charge in [-0.25, -0.2) is 0 Å². The molecule has 214 valence electrons. The van der Waals surface area contributed by atoms with E-state index in [1.165, 1.54) is 54.4 Å². The van der Waals surface area contributed by atoms with Crippen molar-refractivity contribution in [2.75, 3.05) is 0 Å². The summed E-state index contributed by atoms with van der Waals surface area (Å²) in [5.41, 5.74) is 5.50. The lowest BCUT2D eigenvalue weighted by atomic mass is 9.74. The molecule has 4 aromatic carbocycles. The van der Waals surface area contributed by atoms with Gasteiger partial charge in [0.1, 0.15) is 0 Å². The van der Waals surface area contributed by atoms with Crippen molar-refractivity contribution < 1.29 is 4.79 Å². The monoisotopic (exact) mass is 545 g/mol. The topological polar surface area (TPSA) is 20.3 Å². The fourth-order valence-corrected chi connectivity index (χ4v) is 5.95. The second kappa shape index (κ2) is 16.6. The van der Waals surface area contributed by atoms with Gasteiger partial charge in [-0.15, -0.1) is 0 Å². The van der Waals surface area contributed by atoms with E-state index in [-0.39, 0.29) is 11.3 Å². The molecule has 2 heteroatoms. The first-order valence-corrected chi connectivity index (χ1v) is 15.5. The van der Waals surface area contributed by atoms with Gasteiger partial charge < -0.3 is 4.90 Å². The Kier molecular flexibility index (Phi) is 12.3. The molecule has 0 radical (unpaired) electrons. The number of hydrogen-bond acceptors (Lipinski definition) is 1. The van der Waals surface area contributed by atoms with E-state index >= 15 is 0 Å². The van der Waals surface area contributed by atoms with Crippen LogP contribution in [0.1, 0.15) is 80.5 Å². The first-order chi connectivity index (χ1) is 20.1. The molecular formula is C39H47NO. The lowest BCUT2D eigenvalue weighted by Gasteiger charge is -2.30. The third-order valence-corrected chi connectivity index (χ3v) is 8.15. The van der Waals surface area contributed by atoms with Crippen LogP contribution in [0.3, 0.4) is 0 Å². The molecule has 4 rings (SSSR count). The Morgan fingerprint density at radius 3 is 1.32 bits per heavy atom. The molecule has 0 bridgehead atoms. The van der Waals surface area contributed by atoms with Gasteiger partial charge in [0.05, 0.1) is 0 Å². The maximum atomic E-state index is 13.2. The van der Waals surface area contributed by atoms with Crippen LogP contribution in [-0.2, 0) is 30.7 Å². The zero-order valence-corrected chi connectivity index (χ0v) is 24.9. The van der Waals surface area contributed by atoms with Crippen molar-refractivity contribution in [2.45, 2.75) is 84.2 Å². The molecule has 2 nitrogen and oxygen atoms in total. The first-order valence-electron chi connectivity index (χ1n) is 15.5. The fraction of sp³-hybridized carbons (Fsp3) is 0.359. The van der Waals surface area contributed by atoms with Gasteiger partial charge in [-0.1, -0.05) is 160 Å². The van der Waals surface area contributed by atoms with Gasteiger partial charge in [0, 0.05) is 19.5 Å². The molecule has 0 saturated heterocycles. The van der Waals surface area contributed by atoms with Gasteiger partial charge in [-0.05, 0) is 53.4 Å². The van der Waals surface area contributed by atoms with Gasteiger partial charge in [0.2, 0.25) is 5.91 Å². The third-order valence-electron chi connectivity index (χ3n) is 8.15. The van der Waals surface area contributed by atoms with Crippen molar-refractivity contribution in [1.82, 2.24) is 4.90 Å². The molecular weight excluding hydrogens is 498 g/mol. The van der Waals surface area contributed by atoms with Crippen molar-refractivity contribution in [3.63, 3.8) is 0 Å². The van der Waals surface area contributed by atoms with Crippen LogP contribution in [0.15, 0.2) is 121 Å². The van der Waals surface area contributed by atoms with E-state index in [1.54, 1.807) is 0 Å². The predicted molar refractivity (Wildman–Crippen MR) is 172 cm³/mol. The molecule has 0 aliphatic heterocycles. The smallest absolute Gasteiger partial charge is 0.223 e. The second-order valence-electron chi connectivity index (χ2n) is 12.0. The summed E-state index contributed by atoms with van der Waals surface area (Å²) in [6.07, 6.45) is 11.2. The maximum absolute atomic E-state index is 13.2. The third kappa shape index (κ3) is 11.0. The van der Waals surface area contributed by atoms with Crippen LogP contribution in [0.2, 0.25) is 0 Å². The molecule has 0 aliphatic carbocycles. The van der Waals surface area contributed by atoms with Crippen molar-refractivity contribution in [1.29, 1.82) is 0 Å². The zero-order valence-electron chi connectivity index (χ0n) is 24.9. The lowest BCUT2D eigenvalue weighted by Crippen LogP contribution is -2.29. The molecule has 0 saturated carbocycles. The number of unbranched alkanes of at least 4 members (excludes halogenated alkanes) is 5. The Labute approximate surface area is 248 Å². The van der Waals surface area contributed by atoms with Crippen LogP contribution in [0.5, 0.6) is 0 Å². The van der Waals surface area contributed by atoms with E-state index in [9.17, 15) is 4.79 Å². The number of carbonyl (C=O) groups is 1. The van der Waals surface area contributed by atoms with E-state index in [1.807, 2.05) is 41.3 Å². The number of carbonyl (C=O) groups excluding carboxylic acids is 1. The largest absolute Gasteiger partial charge is 0.334 e. The van der Waals surface area contributed by atoms with E-state index in [0.717, 1.165) is 25.7 Å². The van der Waals surface area contributed by atoms with Crippen molar-refractivity contribution in [3.8, 4) is 0 Å². The van der Waals surface area contributed by atoms with Gasteiger partial charge in [-0.3, -0.25) is 4.79 Å². The van der Waals surface area contributed by atoms with E-state index in [0.29, 0.717) is 19.5 Å². The molecule has 41 heavy (non-hydrogen) atoms. The van der Waals surface area contributed by atoms with Crippen LogP contribution in [0, 0.1) is 5.41 Å². The van der Waals surface area contributed by atoms with Gasteiger partial charge >= 0.3 is 0 Å². The standard InChI is InChI=1S/C39H47NO/c1-39(30-34-20-10-6-11-21-34,31-35-22-12-7-13-23-35)29-19-5-3-2-4-18-28-38(41)40(32-36-24-14-8-15-25-36)33-37-26-16-9-17-27-37/h6-17,20-27H,2-5,18-19,28-33H2,1H3. The predicted octanol–water partition coefficient (Wildman–Crippen LogP) is 9.83. The Morgan fingerprint density at radius 1 is 0.512 bits per heavy atom. The Balaban J connectivity index is 1.19. The average Bonchev–Trinajstić information content (AvgIpc) is 3.00. The van der Waals surface area contributed by atoms with Gasteiger partial charge in [0.25, 0.3) is 0 Å². The zero-order chi connectivity index (χ0) is 28.6. The minimum Gasteiger partial charge on any atom is -0.334 e. The van der Waals surface area contributed by atoms with Crippen LogP contribution >= 0.6 is 0 Å². The van der Waals surface area contributed by atoms with Crippen LogP contribution in [0.25, 0.3) is 0 Å². The molecule has 0 N–H and O–H groups in total. The summed E-state index contributed by atoms with van der Waals surface area (Å²) in [7, 11) is 0. The summed E-state index contributed by atoms with van der Waals surface area (Å²) in [5.74, 6) is 0.260. The quantitative estimate of drug-likeness (QED) is 0.121. The number of hydrogen-bond donors (Lipinski definition) is 0. The van der Waals surface area contributed by atoms with Crippen LogP contribution < -0.4 is 0 Å². The normalized spacial score (nSPS) is 11.3. The van der Waals surface area contributed by atoms with Crippen molar-refractivity contribution >= 4 is 5.91 Å². The number of nitrogens with zero attached hydrogens (tertiary/aromatic N) is 1. The Morgan fingerprint density at radius 2 is 0.878 bits per heavy atom. The molecule has 0 unspecified atom stereocenters. The Hall–Kier alpha value is -3.65. The molecule has 0 spiro atoms. The molecule has 1 amide bonds. The summed E-state index contributed by atoms with van der Waals surface area (Å²) in [5, 5.41) is 0. The fourth-order valence-electron chi connectivity index (χ4n) is 5.95. The highest BCUT2D eigenvalue weighted by Crippen LogP contribution is 2.33. The summed E-state index contributed by atoms with van der Waals surface area (Å²) in [6, 6.07) is 42.6. The second-order valence-corrected chi connectivity index (χ2v) is 12.0. The number of rotatable bonds is 17. The minimum atomic E-state index is 0.260. The number of amides is 1. The molecule has 0 aromatic heterocycles. The van der Waals surface area contributed by atoms with Crippen LogP contribution in [0.4, 0.5) is 0 Å². The highest BCUT2D eigenvalue weighted by atomic mass is 16.2. The van der Waals surface area contributed by atoms with Crippen molar-refractivity contribution in [3.05, 3.63) is 144 Å². The average molecular weight is 546 g/mol. The summed E-state index contributed by atoms with van der Waals surface area (Å²) >= 11 is 0. The highest BCUT2D eigenvalue weighted by Gasteiger charge is 2.25. The van der Waals surface area contributed by atoms with Gasteiger partial charge in [0.15, 0.2) is 0 Å². The Bertz CT molecular complexity index is 1170. The first kappa shape index (κ1) is 30.3.